The SMILES string of the molecule is CS(=O)(=O)c1cc(F)cc(Oc2cccc(-c3c(C#N)cnc4c(C(F)(F)F)cccc34)c2)c1. The molecule has 0 saturated heterocycles. The van der Waals surface area contributed by atoms with Crippen molar-refractivity contribution in [2.45, 2.75) is 11.1 Å². The van der Waals surface area contributed by atoms with Crippen LogP contribution in [-0.4, -0.2) is 19.7 Å². The van der Waals surface area contributed by atoms with Gasteiger partial charge in [0.2, 0.25) is 0 Å². The summed E-state index contributed by atoms with van der Waals surface area (Å²) in [7, 11) is -3.70. The number of alkyl halides is 3. The molecule has 0 bridgehead atoms. The van der Waals surface area contributed by atoms with Gasteiger partial charge in [-0.15, -0.1) is 0 Å². The van der Waals surface area contributed by atoms with Crippen LogP contribution in [0, 0.1) is 17.1 Å². The van der Waals surface area contributed by atoms with Gasteiger partial charge in [0.15, 0.2) is 9.84 Å². The predicted octanol–water partition coefficient (Wildman–Crippen LogP) is 6.13. The van der Waals surface area contributed by atoms with E-state index in [1.807, 2.05) is 6.07 Å². The topological polar surface area (TPSA) is 80.0 Å². The Hall–Kier alpha value is -3.97. The van der Waals surface area contributed by atoms with Crippen LogP contribution in [0.15, 0.2) is 71.8 Å². The highest BCUT2D eigenvalue weighted by atomic mass is 32.2. The highest BCUT2D eigenvalue weighted by molar-refractivity contribution is 7.90. The lowest BCUT2D eigenvalue weighted by atomic mass is 9.95. The van der Waals surface area contributed by atoms with Crippen molar-refractivity contribution in [2.75, 3.05) is 6.26 Å². The summed E-state index contributed by atoms with van der Waals surface area (Å²) in [4.78, 5) is 3.59. The van der Waals surface area contributed by atoms with E-state index in [1.54, 1.807) is 12.1 Å². The lowest BCUT2D eigenvalue weighted by Crippen LogP contribution is -2.07. The molecule has 5 nitrogen and oxygen atoms in total. The van der Waals surface area contributed by atoms with Crippen LogP contribution in [-0.2, 0) is 16.0 Å². The first-order valence-electron chi connectivity index (χ1n) is 9.65. The molecule has 0 amide bonds. The second-order valence-corrected chi connectivity index (χ2v) is 9.40. The highest BCUT2D eigenvalue weighted by Crippen LogP contribution is 2.39. The Labute approximate surface area is 191 Å². The Bertz CT molecular complexity index is 1580. The second-order valence-electron chi connectivity index (χ2n) is 7.38. The predicted molar refractivity (Wildman–Crippen MR) is 116 cm³/mol. The molecule has 10 heteroatoms. The summed E-state index contributed by atoms with van der Waals surface area (Å²) < 4.78 is 83.6. The van der Waals surface area contributed by atoms with E-state index >= 15 is 0 Å². The third kappa shape index (κ3) is 4.56. The third-order valence-corrected chi connectivity index (χ3v) is 6.05. The quantitative estimate of drug-likeness (QED) is 0.324. The molecule has 0 spiro atoms. The Balaban J connectivity index is 1.85. The van der Waals surface area contributed by atoms with E-state index in [4.69, 9.17) is 4.74 Å². The number of para-hydroxylation sites is 1. The van der Waals surface area contributed by atoms with Crippen molar-refractivity contribution in [1.29, 1.82) is 5.26 Å². The van der Waals surface area contributed by atoms with Gasteiger partial charge in [-0.05, 0) is 35.9 Å². The minimum atomic E-state index is -4.64. The number of benzene rings is 3. The summed E-state index contributed by atoms with van der Waals surface area (Å²) >= 11 is 0. The van der Waals surface area contributed by atoms with Crippen molar-refractivity contribution in [3.63, 3.8) is 0 Å². The molecular weight excluding hydrogens is 472 g/mol. The average Bonchev–Trinajstić information content (AvgIpc) is 2.76. The zero-order valence-electron chi connectivity index (χ0n) is 17.4. The molecule has 4 aromatic rings. The van der Waals surface area contributed by atoms with E-state index in [0.717, 1.165) is 36.7 Å². The molecule has 34 heavy (non-hydrogen) atoms. The van der Waals surface area contributed by atoms with Crippen molar-refractivity contribution in [1.82, 2.24) is 4.98 Å². The number of ether oxygens (including phenoxy) is 1. The van der Waals surface area contributed by atoms with Crippen LogP contribution in [0.1, 0.15) is 11.1 Å². The molecule has 4 rings (SSSR count). The Kier molecular flexibility index (Phi) is 5.75. The lowest BCUT2D eigenvalue weighted by molar-refractivity contribution is -0.136. The summed E-state index contributed by atoms with van der Waals surface area (Å²) in [6, 6.07) is 14.6. The summed E-state index contributed by atoms with van der Waals surface area (Å²) in [5, 5.41) is 9.69. The van der Waals surface area contributed by atoms with Crippen LogP contribution in [0.25, 0.3) is 22.0 Å². The molecule has 0 aliphatic carbocycles. The summed E-state index contributed by atoms with van der Waals surface area (Å²) in [5.74, 6) is -0.749. The number of pyridine rings is 1. The van der Waals surface area contributed by atoms with E-state index in [-0.39, 0.29) is 38.4 Å². The molecule has 1 aromatic heterocycles. The van der Waals surface area contributed by atoms with Gasteiger partial charge in [0.1, 0.15) is 23.4 Å². The number of rotatable bonds is 4. The van der Waals surface area contributed by atoms with Gasteiger partial charge in [0, 0.05) is 29.5 Å². The molecule has 172 valence electrons. The number of halogens is 4. The maximum Gasteiger partial charge on any atom is 0.418 e. The number of hydrogen-bond donors (Lipinski definition) is 0. The summed E-state index contributed by atoms with van der Waals surface area (Å²) in [6.45, 7) is 0. The minimum absolute atomic E-state index is 0.0501. The molecule has 3 aromatic carbocycles. The largest absolute Gasteiger partial charge is 0.457 e. The van der Waals surface area contributed by atoms with E-state index in [0.29, 0.717) is 5.56 Å². The standard InChI is InChI=1S/C24H14F4N2O3S/c1-34(31,32)19-10-16(25)9-18(11-19)33-17-5-2-4-14(8-17)22-15(12-29)13-30-23-20(22)6-3-7-21(23)24(26,27)28/h2-11,13H,1H3. The van der Waals surface area contributed by atoms with Crippen molar-refractivity contribution in [3.8, 4) is 28.7 Å². The molecule has 0 N–H and O–H groups in total. The van der Waals surface area contributed by atoms with Crippen molar-refractivity contribution in [3.05, 3.63) is 83.8 Å². The number of nitriles is 1. The number of hydrogen-bond acceptors (Lipinski definition) is 5. The van der Waals surface area contributed by atoms with Crippen molar-refractivity contribution < 1.29 is 30.7 Å². The van der Waals surface area contributed by atoms with Crippen LogP contribution in [0.3, 0.4) is 0 Å². The van der Waals surface area contributed by atoms with Gasteiger partial charge in [-0.25, -0.2) is 12.8 Å². The number of fused-ring (bicyclic) bond motifs is 1. The first-order valence-corrected chi connectivity index (χ1v) is 11.5. The zero-order chi connectivity index (χ0) is 24.7. The van der Waals surface area contributed by atoms with Gasteiger partial charge in [0.25, 0.3) is 0 Å². The van der Waals surface area contributed by atoms with Crippen LogP contribution in [0.2, 0.25) is 0 Å². The fraction of sp³-hybridized carbons (Fsp3) is 0.0833. The van der Waals surface area contributed by atoms with Gasteiger partial charge in [-0.2, -0.15) is 18.4 Å². The van der Waals surface area contributed by atoms with E-state index in [2.05, 4.69) is 4.98 Å². The van der Waals surface area contributed by atoms with E-state index in [9.17, 15) is 31.2 Å². The molecule has 0 atom stereocenters. The molecule has 0 unspecified atom stereocenters. The van der Waals surface area contributed by atoms with Crippen LogP contribution in [0.5, 0.6) is 11.5 Å². The highest BCUT2D eigenvalue weighted by Gasteiger charge is 2.33. The number of sulfone groups is 1. The van der Waals surface area contributed by atoms with Crippen LogP contribution in [0.4, 0.5) is 17.6 Å². The first kappa shape index (κ1) is 23.2. The zero-order valence-corrected chi connectivity index (χ0v) is 18.2. The van der Waals surface area contributed by atoms with Gasteiger partial charge in [-0.1, -0.05) is 24.3 Å². The Morgan fingerprint density at radius 2 is 1.74 bits per heavy atom. The minimum Gasteiger partial charge on any atom is -0.457 e. The molecule has 0 fully saturated rings. The Morgan fingerprint density at radius 1 is 1.00 bits per heavy atom. The molecule has 0 aliphatic heterocycles. The maximum absolute atomic E-state index is 13.9. The maximum atomic E-state index is 13.9. The van der Waals surface area contributed by atoms with Gasteiger partial charge >= 0.3 is 6.18 Å². The van der Waals surface area contributed by atoms with Crippen molar-refractivity contribution >= 4 is 20.7 Å². The number of aromatic nitrogens is 1. The second kappa shape index (κ2) is 8.43. The van der Waals surface area contributed by atoms with Gasteiger partial charge < -0.3 is 4.74 Å². The van der Waals surface area contributed by atoms with Crippen molar-refractivity contribution in [2.24, 2.45) is 0 Å². The average molecular weight is 486 g/mol. The van der Waals surface area contributed by atoms with Crippen LogP contribution < -0.4 is 4.74 Å². The summed E-state index contributed by atoms with van der Waals surface area (Å²) in [6.07, 6.45) is -2.64. The Morgan fingerprint density at radius 3 is 2.41 bits per heavy atom. The third-order valence-electron chi connectivity index (χ3n) is 4.95. The van der Waals surface area contributed by atoms with Gasteiger partial charge in [0.05, 0.1) is 21.5 Å². The lowest BCUT2D eigenvalue weighted by Gasteiger charge is -2.14. The molecule has 0 saturated carbocycles. The van der Waals surface area contributed by atoms with Gasteiger partial charge in [-0.3, -0.25) is 4.98 Å². The monoisotopic (exact) mass is 486 g/mol. The fourth-order valence-corrected chi connectivity index (χ4v) is 4.17. The van der Waals surface area contributed by atoms with E-state index in [1.165, 1.54) is 24.3 Å². The molecule has 0 radical (unpaired) electrons. The first-order chi connectivity index (χ1) is 16.0. The molecule has 0 aliphatic rings. The fourth-order valence-electron chi connectivity index (χ4n) is 3.51. The summed E-state index contributed by atoms with van der Waals surface area (Å²) in [5.41, 5.74) is -0.607. The molecule has 1 heterocycles. The normalized spacial score (nSPS) is 11.9. The van der Waals surface area contributed by atoms with E-state index < -0.39 is 27.4 Å². The smallest absolute Gasteiger partial charge is 0.418 e. The molecular formula is C24H14F4N2O3S. The van der Waals surface area contributed by atoms with Crippen LogP contribution >= 0.6 is 0 Å². The number of nitrogens with zero attached hydrogens (tertiary/aromatic N) is 2.